The number of benzene rings is 3. The Hall–Kier alpha value is -4.37. The summed E-state index contributed by atoms with van der Waals surface area (Å²) in [5, 5.41) is 8.51. The van der Waals surface area contributed by atoms with Gasteiger partial charge in [-0.2, -0.15) is 5.10 Å². The number of hydrogen-bond donors (Lipinski definition) is 2. The summed E-state index contributed by atoms with van der Waals surface area (Å²) in [6.45, 7) is 1.92. The van der Waals surface area contributed by atoms with Crippen molar-refractivity contribution < 1.29 is 13.2 Å². The fourth-order valence-corrected chi connectivity index (χ4v) is 4.89. The Kier molecular flexibility index (Phi) is 5.84. The van der Waals surface area contributed by atoms with Crippen molar-refractivity contribution in [3.63, 3.8) is 0 Å². The average Bonchev–Trinajstić information content (AvgIpc) is 3.32. The summed E-state index contributed by atoms with van der Waals surface area (Å²) < 4.78 is 35.7. The molecule has 8 nitrogen and oxygen atoms in total. The van der Waals surface area contributed by atoms with Gasteiger partial charge >= 0.3 is 0 Å². The zero-order chi connectivity index (χ0) is 24.4. The second-order valence-electron chi connectivity index (χ2n) is 7.89. The van der Waals surface area contributed by atoms with Crippen LogP contribution in [0.5, 0.6) is 5.75 Å². The summed E-state index contributed by atoms with van der Waals surface area (Å²) in [5.41, 5.74) is 3.95. The smallest absolute Gasteiger partial charge is 0.263 e. The van der Waals surface area contributed by atoms with Gasteiger partial charge in [0, 0.05) is 28.5 Å². The van der Waals surface area contributed by atoms with Gasteiger partial charge in [0.1, 0.15) is 17.1 Å². The molecule has 0 amide bonds. The van der Waals surface area contributed by atoms with E-state index >= 15 is 0 Å². The highest BCUT2D eigenvalue weighted by atomic mass is 32.2. The molecule has 0 aliphatic carbocycles. The van der Waals surface area contributed by atoms with Gasteiger partial charge in [-0.15, -0.1) is 0 Å². The molecule has 0 unspecified atom stereocenters. The van der Waals surface area contributed by atoms with E-state index in [1.54, 1.807) is 48.3 Å². The van der Waals surface area contributed by atoms with E-state index < -0.39 is 10.0 Å². The Balaban J connectivity index is 1.40. The summed E-state index contributed by atoms with van der Waals surface area (Å²) in [4.78, 5) is 4.74. The molecule has 2 aromatic heterocycles. The number of para-hydroxylation sites is 2. The maximum absolute atomic E-state index is 13.0. The lowest BCUT2D eigenvalue weighted by Crippen LogP contribution is -2.16. The van der Waals surface area contributed by atoms with Crippen LogP contribution in [0, 0.1) is 6.92 Å². The summed E-state index contributed by atoms with van der Waals surface area (Å²) in [7, 11) is -2.20. The molecule has 0 saturated carbocycles. The Morgan fingerprint density at radius 1 is 0.914 bits per heavy atom. The van der Waals surface area contributed by atoms with Gasteiger partial charge in [0.2, 0.25) is 0 Å². The molecular weight excluding hydrogens is 462 g/mol. The summed E-state index contributed by atoms with van der Waals surface area (Å²) in [6.07, 6.45) is 1.55. The number of fused-ring (bicyclic) bond motifs is 1. The predicted octanol–water partition coefficient (Wildman–Crippen LogP) is 5.28. The van der Waals surface area contributed by atoms with E-state index in [2.05, 4.69) is 20.1 Å². The maximum atomic E-state index is 13.0. The molecule has 0 fully saturated rings. The van der Waals surface area contributed by atoms with Crippen molar-refractivity contribution in [3.05, 3.63) is 96.8 Å². The highest BCUT2D eigenvalue weighted by Gasteiger charge is 2.17. The predicted molar refractivity (Wildman–Crippen MR) is 137 cm³/mol. The number of pyridine rings is 1. The minimum atomic E-state index is -3.82. The summed E-state index contributed by atoms with van der Waals surface area (Å²) in [6, 6.07) is 25.2. The van der Waals surface area contributed by atoms with Crippen LogP contribution in [-0.2, 0) is 10.0 Å². The number of aryl methyl sites for hydroxylation is 1. The third kappa shape index (κ3) is 4.53. The molecule has 9 heteroatoms. The van der Waals surface area contributed by atoms with Crippen LogP contribution in [0.3, 0.4) is 0 Å². The molecule has 35 heavy (non-hydrogen) atoms. The Bertz CT molecular complexity index is 1600. The minimum absolute atomic E-state index is 0.140. The molecule has 0 atom stereocenters. The molecule has 5 rings (SSSR count). The van der Waals surface area contributed by atoms with E-state index in [0.29, 0.717) is 11.6 Å². The van der Waals surface area contributed by atoms with Crippen molar-refractivity contribution in [1.82, 2.24) is 14.8 Å². The Labute approximate surface area is 203 Å². The first kappa shape index (κ1) is 22.4. The summed E-state index contributed by atoms with van der Waals surface area (Å²) >= 11 is 0. The van der Waals surface area contributed by atoms with E-state index in [0.717, 1.165) is 33.7 Å². The largest absolute Gasteiger partial charge is 0.494 e. The molecule has 0 aliphatic heterocycles. The van der Waals surface area contributed by atoms with E-state index in [9.17, 15) is 8.42 Å². The van der Waals surface area contributed by atoms with Crippen molar-refractivity contribution >= 4 is 38.1 Å². The van der Waals surface area contributed by atoms with Gasteiger partial charge in [-0.3, -0.25) is 4.72 Å². The van der Waals surface area contributed by atoms with Crippen LogP contribution in [0.4, 0.5) is 17.2 Å². The van der Waals surface area contributed by atoms with Crippen LogP contribution >= 0.6 is 0 Å². The molecule has 0 radical (unpaired) electrons. The molecule has 2 N–H and O–H groups in total. The molecular formula is C26H23N5O3S. The van der Waals surface area contributed by atoms with Crippen LogP contribution in [0.15, 0.2) is 96.0 Å². The van der Waals surface area contributed by atoms with Crippen molar-refractivity contribution in [3.8, 4) is 11.4 Å². The first-order chi connectivity index (χ1) is 16.9. The SMILES string of the molecule is COc1cccc2c(Nc3ccc(S(=O)(=O)Nc4ccnn4-c4ccccc4)cc3)cc(C)nc12. The summed E-state index contributed by atoms with van der Waals surface area (Å²) in [5.74, 6) is 1.04. The number of aromatic nitrogens is 3. The number of rotatable bonds is 7. The minimum Gasteiger partial charge on any atom is -0.494 e. The molecule has 0 saturated heterocycles. The lowest BCUT2D eigenvalue weighted by molar-refractivity contribution is 0.419. The van der Waals surface area contributed by atoms with Crippen LogP contribution < -0.4 is 14.8 Å². The number of sulfonamides is 1. The molecule has 0 spiro atoms. The van der Waals surface area contributed by atoms with Gasteiger partial charge < -0.3 is 10.1 Å². The van der Waals surface area contributed by atoms with Crippen LogP contribution in [0.1, 0.15) is 5.69 Å². The first-order valence-corrected chi connectivity index (χ1v) is 12.4. The van der Waals surface area contributed by atoms with Crippen LogP contribution in [0.2, 0.25) is 0 Å². The highest BCUT2D eigenvalue weighted by Crippen LogP contribution is 2.32. The van der Waals surface area contributed by atoms with Crippen LogP contribution in [0.25, 0.3) is 16.6 Å². The van der Waals surface area contributed by atoms with E-state index in [-0.39, 0.29) is 4.90 Å². The zero-order valence-corrected chi connectivity index (χ0v) is 20.0. The van der Waals surface area contributed by atoms with E-state index in [1.807, 2.05) is 61.5 Å². The topological polar surface area (TPSA) is 98.1 Å². The molecule has 3 aromatic carbocycles. The van der Waals surface area contributed by atoms with Gasteiger partial charge in [0.05, 0.1) is 23.9 Å². The number of hydrogen-bond acceptors (Lipinski definition) is 6. The van der Waals surface area contributed by atoms with Crippen molar-refractivity contribution in [2.45, 2.75) is 11.8 Å². The van der Waals surface area contributed by atoms with Gasteiger partial charge in [-0.1, -0.05) is 30.3 Å². The number of ether oxygens (including phenoxy) is 1. The third-order valence-electron chi connectivity index (χ3n) is 5.48. The average molecular weight is 486 g/mol. The van der Waals surface area contributed by atoms with Crippen LogP contribution in [-0.4, -0.2) is 30.3 Å². The second kappa shape index (κ2) is 9.11. The van der Waals surface area contributed by atoms with Gasteiger partial charge in [0.15, 0.2) is 0 Å². The van der Waals surface area contributed by atoms with Gasteiger partial charge in [0.25, 0.3) is 10.0 Å². The standard InChI is InChI=1S/C26H23N5O3S/c1-18-17-23(22-9-6-10-24(34-2)26(22)28-18)29-19-11-13-21(14-12-19)35(32,33)30-25-15-16-27-31(25)20-7-4-3-5-8-20/h3-17,30H,1-2H3,(H,28,29). The Morgan fingerprint density at radius 3 is 2.43 bits per heavy atom. The number of anilines is 3. The maximum Gasteiger partial charge on any atom is 0.263 e. The van der Waals surface area contributed by atoms with E-state index in [1.165, 1.54) is 0 Å². The van der Waals surface area contributed by atoms with Crippen molar-refractivity contribution in [2.24, 2.45) is 0 Å². The lowest BCUT2D eigenvalue weighted by Gasteiger charge is -2.14. The second-order valence-corrected chi connectivity index (χ2v) is 9.57. The molecule has 5 aromatic rings. The Morgan fingerprint density at radius 2 is 1.69 bits per heavy atom. The van der Waals surface area contributed by atoms with Crippen molar-refractivity contribution in [2.75, 3.05) is 17.1 Å². The fourth-order valence-electron chi connectivity index (χ4n) is 3.84. The fraction of sp³-hybridized carbons (Fsp3) is 0.0769. The number of nitrogens with one attached hydrogen (secondary N) is 2. The van der Waals surface area contributed by atoms with Gasteiger partial charge in [-0.25, -0.2) is 18.1 Å². The van der Waals surface area contributed by atoms with Gasteiger partial charge in [-0.05, 0) is 55.5 Å². The number of nitrogens with zero attached hydrogens (tertiary/aromatic N) is 3. The first-order valence-electron chi connectivity index (χ1n) is 10.9. The van der Waals surface area contributed by atoms with E-state index in [4.69, 9.17) is 4.74 Å². The molecule has 0 bridgehead atoms. The highest BCUT2D eigenvalue weighted by molar-refractivity contribution is 7.92. The molecule has 0 aliphatic rings. The third-order valence-corrected chi connectivity index (χ3v) is 6.85. The normalized spacial score (nSPS) is 11.4. The number of methoxy groups -OCH3 is 1. The van der Waals surface area contributed by atoms with Crippen molar-refractivity contribution in [1.29, 1.82) is 0 Å². The lowest BCUT2D eigenvalue weighted by atomic mass is 10.1. The molecule has 176 valence electrons. The monoisotopic (exact) mass is 485 g/mol. The molecule has 2 heterocycles. The zero-order valence-electron chi connectivity index (χ0n) is 19.1. The quantitative estimate of drug-likeness (QED) is 0.325.